The minimum absolute atomic E-state index is 0.367. The van der Waals surface area contributed by atoms with E-state index in [0.29, 0.717) is 20.7 Å². The van der Waals surface area contributed by atoms with E-state index in [0.717, 1.165) is 11.3 Å². The number of carbonyl (C=O) groups is 1. The van der Waals surface area contributed by atoms with Crippen molar-refractivity contribution in [2.45, 2.75) is 0 Å². The normalized spacial score (nSPS) is 9.56. The number of halogens is 1. The lowest BCUT2D eigenvalue weighted by molar-refractivity contribution is 0.262. The van der Waals surface area contributed by atoms with Crippen LogP contribution >= 0.6 is 22.9 Å². The zero-order chi connectivity index (χ0) is 13.0. The van der Waals surface area contributed by atoms with Crippen molar-refractivity contribution in [2.24, 2.45) is 0 Å². The van der Waals surface area contributed by atoms with Crippen molar-refractivity contribution in [1.82, 2.24) is 4.98 Å². The Hall–Kier alpha value is -2.10. The molecule has 0 bridgehead atoms. The number of hydrogen-bond donors (Lipinski definition) is 2. The van der Waals surface area contributed by atoms with E-state index < -0.39 is 6.03 Å². The fourth-order valence-electron chi connectivity index (χ4n) is 1.21. The first-order valence-electron chi connectivity index (χ1n) is 4.87. The molecule has 0 aliphatic rings. The van der Waals surface area contributed by atoms with E-state index in [1.165, 1.54) is 6.20 Å². The number of nitriles is 1. The second-order valence-corrected chi connectivity index (χ2v) is 4.70. The van der Waals surface area contributed by atoms with E-state index in [2.05, 4.69) is 15.6 Å². The average Bonchev–Trinajstić information content (AvgIpc) is 2.76. The summed E-state index contributed by atoms with van der Waals surface area (Å²) in [6.45, 7) is 0. The quantitative estimate of drug-likeness (QED) is 0.884. The van der Waals surface area contributed by atoms with Crippen molar-refractivity contribution in [3.63, 3.8) is 0 Å². The molecule has 0 unspecified atom stereocenters. The Labute approximate surface area is 112 Å². The highest BCUT2D eigenvalue weighted by Gasteiger charge is 2.06. The van der Waals surface area contributed by atoms with Gasteiger partial charge in [-0.3, -0.25) is 5.32 Å². The molecule has 0 fully saturated rings. The summed E-state index contributed by atoms with van der Waals surface area (Å²) in [5, 5.41) is 14.7. The van der Waals surface area contributed by atoms with Gasteiger partial charge < -0.3 is 5.32 Å². The minimum atomic E-state index is -0.434. The van der Waals surface area contributed by atoms with Crippen molar-refractivity contribution in [3.05, 3.63) is 40.4 Å². The minimum Gasteiger partial charge on any atom is -0.308 e. The molecule has 1 aromatic heterocycles. The van der Waals surface area contributed by atoms with Gasteiger partial charge in [0.15, 0.2) is 5.13 Å². The molecule has 0 saturated carbocycles. The van der Waals surface area contributed by atoms with Crippen molar-refractivity contribution in [2.75, 3.05) is 10.6 Å². The highest BCUT2D eigenvalue weighted by Crippen LogP contribution is 2.18. The first-order valence-corrected chi connectivity index (χ1v) is 6.06. The average molecular weight is 279 g/mol. The summed E-state index contributed by atoms with van der Waals surface area (Å²) in [6.07, 6.45) is 1.40. The van der Waals surface area contributed by atoms with Crippen LogP contribution < -0.4 is 10.6 Å². The number of thiazole rings is 1. The Morgan fingerprint density at radius 3 is 2.94 bits per heavy atom. The van der Waals surface area contributed by atoms with Crippen molar-refractivity contribution in [1.29, 1.82) is 5.26 Å². The lowest BCUT2D eigenvalue weighted by atomic mass is 10.3. The smallest absolute Gasteiger partial charge is 0.308 e. The van der Waals surface area contributed by atoms with E-state index in [-0.39, 0.29) is 0 Å². The molecule has 2 N–H and O–H groups in total. The third kappa shape index (κ3) is 3.20. The third-order valence-corrected chi connectivity index (χ3v) is 2.97. The number of amides is 2. The number of urea groups is 1. The molecule has 0 atom stereocenters. The molecule has 0 saturated heterocycles. The van der Waals surface area contributed by atoms with Crippen LogP contribution in [-0.4, -0.2) is 11.0 Å². The lowest BCUT2D eigenvalue weighted by Crippen LogP contribution is -2.19. The van der Waals surface area contributed by atoms with Crippen LogP contribution in [0.2, 0.25) is 5.02 Å². The Bertz CT molecular complexity index is 620. The summed E-state index contributed by atoms with van der Waals surface area (Å²) in [6, 6.07) is 8.30. The van der Waals surface area contributed by atoms with Crippen LogP contribution in [0.15, 0.2) is 30.5 Å². The number of carbonyl (C=O) groups excluding carboxylic acids is 1. The number of benzene rings is 1. The zero-order valence-corrected chi connectivity index (χ0v) is 10.5. The van der Waals surface area contributed by atoms with E-state index >= 15 is 0 Å². The first-order chi connectivity index (χ1) is 8.67. The molecule has 18 heavy (non-hydrogen) atoms. The van der Waals surface area contributed by atoms with E-state index in [1.807, 2.05) is 6.07 Å². The lowest BCUT2D eigenvalue weighted by Gasteiger charge is -2.05. The van der Waals surface area contributed by atoms with Crippen molar-refractivity contribution < 1.29 is 4.79 Å². The number of aromatic nitrogens is 1. The molecule has 5 nitrogen and oxygen atoms in total. The first kappa shape index (κ1) is 12.4. The van der Waals surface area contributed by atoms with Gasteiger partial charge in [0.25, 0.3) is 0 Å². The zero-order valence-electron chi connectivity index (χ0n) is 8.98. The molecule has 0 radical (unpaired) electrons. The van der Waals surface area contributed by atoms with E-state index in [1.54, 1.807) is 24.3 Å². The predicted octanol–water partition coefficient (Wildman–Crippen LogP) is 3.31. The second-order valence-electron chi connectivity index (χ2n) is 3.23. The molecule has 1 heterocycles. The number of nitrogens with one attached hydrogen (secondary N) is 2. The van der Waals surface area contributed by atoms with Gasteiger partial charge in [0.1, 0.15) is 10.9 Å². The fraction of sp³-hybridized carbons (Fsp3) is 0. The molecule has 1 aromatic carbocycles. The van der Waals surface area contributed by atoms with Crippen LogP contribution in [0.3, 0.4) is 0 Å². The van der Waals surface area contributed by atoms with Crippen LogP contribution in [0.4, 0.5) is 15.6 Å². The topological polar surface area (TPSA) is 77.8 Å². The molecule has 2 rings (SSSR count). The monoisotopic (exact) mass is 278 g/mol. The highest BCUT2D eigenvalue weighted by molar-refractivity contribution is 7.16. The van der Waals surface area contributed by atoms with Gasteiger partial charge in [-0.05, 0) is 18.2 Å². The predicted molar refractivity (Wildman–Crippen MR) is 70.9 cm³/mol. The van der Waals surface area contributed by atoms with Crippen molar-refractivity contribution >= 4 is 39.8 Å². The molecular formula is C11H7ClN4OS. The van der Waals surface area contributed by atoms with Crippen LogP contribution in [-0.2, 0) is 0 Å². The molecule has 2 aromatic rings. The van der Waals surface area contributed by atoms with Crippen LogP contribution in [0.25, 0.3) is 0 Å². The molecule has 0 spiro atoms. The third-order valence-electron chi connectivity index (χ3n) is 1.92. The van der Waals surface area contributed by atoms with Gasteiger partial charge in [0.2, 0.25) is 0 Å². The van der Waals surface area contributed by atoms with Gasteiger partial charge in [-0.15, -0.1) is 0 Å². The van der Waals surface area contributed by atoms with Crippen LogP contribution in [0.5, 0.6) is 0 Å². The van der Waals surface area contributed by atoms with Gasteiger partial charge in [-0.25, -0.2) is 9.78 Å². The molecule has 2 amide bonds. The van der Waals surface area contributed by atoms with Gasteiger partial charge in [-0.1, -0.05) is 29.0 Å². The number of hydrogen-bond acceptors (Lipinski definition) is 4. The SMILES string of the molecule is N#Cc1cnc(NC(=O)Nc2cccc(Cl)c2)s1. The van der Waals surface area contributed by atoms with E-state index in [9.17, 15) is 4.79 Å². The Morgan fingerprint density at radius 2 is 2.28 bits per heavy atom. The summed E-state index contributed by atoms with van der Waals surface area (Å²) in [4.78, 5) is 15.9. The maximum Gasteiger partial charge on any atom is 0.325 e. The fourth-order valence-corrected chi connectivity index (χ4v) is 2.01. The maximum atomic E-state index is 11.6. The molecule has 7 heteroatoms. The van der Waals surface area contributed by atoms with Gasteiger partial charge in [0.05, 0.1) is 6.20 Å². The van der Waals surface area contributed by atoms with Gasteiger partial charge in [0, 0.05) is 10.7 Å². The van der Waals surface area contributed by atoms with Crippen LogP contribution in [0, 0.1) is 11.3 Å². The van der Waals surface area contributed by atoms with Crippen molar-refractivity contribution in [3.8, 4) is 6.07 Å². The second kappa shape index (κ2) is 5.49. The summed E-state index contributed by atoms with van der Waals surface area (Å²) in [5.41, 5.74) is 0.581. The van der Waals surface area contributed by atoms with Crippen LogP contribution in [0.1, 0.15) is 4.88 Å². The number of nitrogens with zero attached hydrogens (tertiary/aromatic N) is 2. The summed E-state index contributed by atoms with van der Waals surface area (Å²) in [5.74, 6) is 0. The summed E-state index contributed by atoms with van der Waals surface area (Å²) >= 11 is 6.90. The Balaban J connectivity index is 1.99. The molecule has 0 aliphatic heterocycles. The Kier molecular flexibility index (Phi) is 3.77. The molecular weight excluding hydrogens is 272 g/mol. The standard InChI is InChI=1S/C11H7ClN4OS/c12-7-2-1-3-8(4-7)15-10(17)16-11-14-6-9(5-13)18-11/h1-4,6H,(H2,14,15,16,17). The highest BCUT2D eigenvalue weighted by atomic mass is 35.5. The summed E-state index contributed by atoms with van der Waals surface area (Å²) in [7, 11) is 0. The Morgan fingerprint density at radius 1 is 1.44 bits per heavy atom. The maximum absolute atomic E-state index is 11.6. The molecule has 0 aliphatic carbocycles. The molecule has 90 valence electrons. The van der Waals surface area contributed by atoms with Gasteiger partial charge in [-0.2, -0.15) is 5.26 Å². The van der Waals surface area contributed by atoms with Gasteiger partial charge >= 0.3 is 6.03 Å². The largest absolute Gasteiger partial charge is 0.325 e. The number of rotatable bonds is 2. The van der Waals surface area contributed by atoms with E-state index in [4.69, 9.17) is 16.9 Å². The number of anilines is 2. The summed E-state index contributed by atoms with van der Waals surface area (Å²) < 4.78 is 0.